The van der Waals surface area contributed by atoms with Crippen molar-refractivity contribution < 1.29 is 14.4 Å². The summed E-state index contributed by atoms with van der Waals surface area (Å²) in [5.41, 5.74) is 1.01. The zero-order chi connectivity index (χ0) is 18.0. The maximum atomic E-state index is 12.3. The fourth-order valence-corrected chi connectivity index (χ4v) is 3.70. The van der Waals surface area contributed by atoms with Crippen LogP contribution in [0.3, 0.4) is 0 Å². The third kappa shape index (κ3) is 3.44. The molecule has 0 bridgehead atoms. The van der Waals surface area contributed by atoms with Gasteiger partial charge in [0.25, 0.3) is 11.8 Å². The molecule has 3 rings (SSSR count). The first-order valence-corrected chi connectivity index (χ1v) is 8.91. The number of imide groups is 1. The monoisotopic (exact) mass is 343 g/mol. The van der Waals surface area contributed by atoms with Crippen molar-refractivity contribution in [3.05, 3.63) is 35.4 Å². The molecule has 0 radical (unpaired) electrons. The molecule has 134 valence electrons. The smallest absolute Gasteiger partial charge is 0.261 e. The average molecular weight is 343 g/mol. The molecule has 3 amide bonds. The molecule has 25 heavy (non-hydrogen) atoms. The molecule has 6 heteroatoms. The standard InChI is InChI=1S/C19H25N3O3/c1-20(2)19(25)16-10-7-12-21(16)11-5-6-13-22-17(23)14-8-3-4-9-15(14)18(22)24/h3-4,8-9,16H,5-7,10-13H2,1-2H3/t16-/m1/s1. The highest BCUT2D eigenvalue weighted by Gasteiger charge is 2.35. The van der Waals surface area contributed by atoms with Crippen molar-refractivity contribution in [1.29, 1.82) is 0 Å². The predicted molar refractivity (Wildman–Crippen MR) is 94.3 cm³/mol. The molecule has 2 aliphatic heterocycles. The second-order valence-corrected chi connectivity index (χ2v) is 6.94. The second-order valence-electron chi connectivity index (χ2n) is 6.94. The van der Waals surface area contributed by atoms with Gasteiger partial charge < -0.3 is 4.90 Å². The van der Waals surface area contributed by atoms with Gasteiger partial charge >= 0.3 is 0 Å². The van der Waals surface area contributed by atoms with Crippen LogP contribution in [0, 0.1) is 0 Å². The summed E-state index contributed by atoms with van der Waals surface area (Å²) in [4.78, 5) is 42.1. The lowest BCUT2D eigenvalue weighted by atomic mass is 10.1. The third-order valence-corrected chi connectivity index (χ3v) is 5.04. The van der Waals surface area contributed by atoms with Gasteiger partial charge in [0.1, 0.15) is 0 Å². The molecule has 0 saturated carbocycles. The van der Waals surface area contributed by atoms with Crippen LogP contribution in [-0.4, -0.2) is 72.2 Å². The largest absolute Gasteiger partial charge is 0.347 e. The number of nitrogens with zero attached hydrogens (tertiary/aromatic N) is 3. The van der Waals surface area contributed by atoms with Gasteiger partial charge in [-0.05, 0) is 50.9 Å². The van der Waals surface area contributed by atoms with Crippen LogP contribution in [0.4, 0.5) is 0 Å². The zero-order valence-electron chi connectivity index (χ0n) is 14.9. The highest BCUT2D eigenvalue weighted by molar-refractivity contribution is 6.21. The van der Waals surface area contributed by atoms with E-state index in [1.807, 2.05) is 0 Å². The fraction of sp³-hybridized carbons (Fsp3) is 0.526. The van der Waals surface area contributed by atoms with Gasteiger partial charge in [0.2, 0.25) is 5.91 Å². The van der Waals surface area contributed by atoms with Gasteiger partial charge in [0, 0.05) is 20.6 Å². The lowest BCUT2D eigenvalue weighted by Crippen LogP contribution is -2.43. The molecule has 6 nitrogen and oxygen atoms in total. The average Bonchev–Trinajstić information content (AvgIpc) is 3.16. The number of amides is 3. The Kier molecular flexibility index (Phi) is 5.18. The van der Waals surface area contributed by atoms with Crippen molar-refractivity contribution in [2.75, 3.05) is 33.7 Å². The Balaban J connectivity index is 1.49. The Bertz CT molecular complexity index is 651. The topological polar surface area (TPSA) is 60.9 Å². The Labute approximate surface area is 148 Å². The maximum Gasteiger partial charge on any atom is 0.261 e. The van der Waals surface area contributed by atoms with E-state index < -0.39 is 0 Å². The molecule has 1 fully saturated rings. The molecule has 1 aromatic carbocycles. The fourth-order valence-electron chi connectivity index (χ4n) is 3.70. The van der Waals surface area contributed by atoms with E-state index >= 15 is 0 Å². The van der Waals surface area contributed by atoms with Crippen LogP contribution >= 0.6 is 0 Å². The number of hydrogen-bond donors (Lipinski definition) is 0. The molecule has 0 unspecified atom stereocenters. The quantitative estimate of drug-likeness (QED) is 0.582. The van der Waals surface area contributed by atoms with Gasteiger partial charge in [-0.2, -0.15) is 0 Å². The number of likely N-dealkylation sites (N-methyl/N-ethyl adjacent to an activating group) is 1. The number of likely N-dealkylation sites (tertiary alicyclic amines) is 1. The van der Waals surface area contributed by atoms with Gasteiger partial charge in [0.05, 0.1) is 17.2 Å². The minimum Gasteiger partial charge on any atom is -0.347 e. The van der Waals surface area contributed by atoms with E-state index in [4.69, 9.17) is 0 Å². The number of benzene rings is 1. The van der Waals surface area contributed by atoms with Crippen LogP contribution in [-0.2, 0) is 4.79 Å². The summed E-state index contributed by atoms with van der Waals surface area (Å²) in [6.45, 7) is 2.21. The highest BCUT2D eigenvalue weighted by atomic mass is 16.2. The van der Waals surface area contributed by atoms with E-state index in [2.05, 4.69) is 4.90 Å². The van der Waals surface area contributed by atoms with Gasteiger partial charge in [-0.1, -0.05) is 12.1 Å². The Morgan fingerprint density at radius 3 is 2.28 bits per heavy atom. The third-order valence-electron chi connectivity index (χ3n) is 5.04. The zero-order valence-corrected chi connectivity index (χ0v) is 14.9. The first-order chi connectivity index (χ1) is 12.0. The van der Waals surface area contributed by atoms with Gasteiger partial charge in [0.15, 0.2) is 0 Å². The van der Waals surface area contributed by atoms with E-state index in [1.54, 1.807) is 43.3 Å². The molecule has 1 saturated heterocycles. The van der Waals surface area contributed by atoms with Crippen molar-refractivity contribution in [1.82, 2.24) is 14.7 Å². The summed E-state index contributed by atoms with van der Waals surface area (Å²) in [7, 11) is 3.59. The first-order valence-electron chi connectivity index (χ1n) is 8.91. The summed E-state index contributed by atoms with van der Waals surface area (Å²) < 4.78 is 0. The van der Waals surface area contributed by atoms with Crippen molar-refractivity contribution in [3.8, 4) is 0 Å². The molecule has 0 aliphatic carbocycles. The summed E-state index contributed by atoms with van der Waals surface area (Å²) in [6.07, 6.45) is 3.58. The van der Waals surface area contributed by atoms with Crippen LogP contribution in [0.15, 0.2) is 24.3 Å². The molecular weight excluding hydrogens is 318 g/mol. The van der Waals surface area contributed by atoms with E-state index in [0.717, 1.165) is 38.8 Å². The number of hydrogen-bond acceptors (Lipinski definition) is 4. The van der Waals surface area contributed by atoms with Crippen LogP contribution in [0.5, 0.6) is 0 Å². The molecule has 0 spiro atoms. The van der Waals surface area contributed by atoms with Crippen LogP contribution < -0.4 is 0 Å². The Morgan fingerprint density at radius 1 is 1.08 bits per heavy atom. The lowest BCUT2D eigenvalue weighted by Gasteiger charge is -2.26. The molecule has 2 heterocycles. The first kappa shape index (κ1) is 17.6. The molecule has 1 aromatic rings. The molecular formula is C19H25N3O3. The summed E-state index contributed by atoms with van der Waals surface area (Å²) in [5, 5.41) is 0. The van der Waals surface area contributed by atoms with E-state index in [0.29, 0.717) is 17.7 Å². The molecule has 2 aliphatic rings. The molecule has 0 N–H and O–H groups in total. The van der Waals surface area contributed by atoms with Gasteiger partial charge in [-0.15, -0.1) is 0 Å². The second kappa shape index (κ2) is 7.35. The van der Waals surface area contributed by atoms with Crippen molar-refractivity contribution in [2.24, 2.45) is 0 Å². The molecule has 1 atom stereocenters. The Hall–Kier alpha value is -2.21. The van der Waals surface area contributed by atoms with Crippen molar-refractivity contribution >= 4 is 17.7 Å². The number of carbonyl (C=O) groups excluding carboxylic acids is 3. The number of carbonyl (C=O) groups is 3. The van der Waals surface area contributed by atoms with Gasteiger partial charge in [-0.3, -0.25) is 24.2 Å². The lowest BCUT2D eigenvalue weighted by molar-refractivity contribution is -0.133. The van der Waals surface area contributed by atoms with E-state index in [-0.39, 0.29) is 23.8 Å². The maximum absolute atomic E-state index is 12.3. The normalized spacial score (nSPS) is 20.2. The van der Waals surface area contributed by atoms with Crippen LogP contribution in [0.1, 0.15) is 46.4 Å². The number of unbranched alkanes of at least 4 members (excludes halogenated alkanes) is 1. The predicted octanol–water partition coefficient (Wildman–Crippen LogP) is 1.62. The minimum atomic E-state index is -0.192. The van der Waals surface area contributed by atoms with Gasteiger partial charge in [-0.25, -0.2) is 0 Å². The van der Waals surface area contributed by atoms with Crippen molar-refractivity contribution in [2.45, 2.75) is 31.7 Å². The van der Waals surface area contributed by atoms with Crippen LogP contribution in [0.2, 0.25) is 0 Å². The van der Waals surface area contributed by atoms with E-state index in [1.165, 1.54) is 4.90 Å². The van der Waals surface area contributed by atoms with E-state index in [9.17, 15) is 14.4 Å². The van der Waals surface area contributed by atoms with Crippen LogP contribution in [0.25, 0.3) is 0 Å². The number of rotatable bonds is 6. The van der Waals surface area contributed by atoms with Crippen molar-refractivity contribution in [3.63, 3.8) is 0 Å². The minimum absolute atomic E-state index is 0.0192. The SMILES string of the molecule is CN(C)C(=O)[C@H]1CCCN1CCCCN1C(=O)c2ccccc2C1=O. The Morgan fingerprint density at radius 2 is 1.68 bits per heavy atom. The number of fused-ring (bicyclic) bond motifs is 1. The summed E-state index contributed by atoms with van der Waals surface area (Å²) in [5.74, 6) is -0.220. The highest BCUT2D eigenvalue weighted by Crippen LogP contribution is 2.23. The molecule has 0 aromatic heterocycles. The summed E-state index contributed by atoms with van der Waals surface area (Å²) in [6, 6.07) is 6.95. The summed E-state index contributed by atoms with van der Waals surface area (Å²) >= 11 is 0.